The number of aromatic nitrogens is 3. The minimum absolute atomic E-state index is 0.154. The van der Waals surface area contributed by atoms with Crippen molar-refractivity contribution in [1.29, 1.82) is 0 Å². The van der Waals surface area contributed by atoms with E-state index in [2.05, 4.69) is 19.8 Å². The highest BCUT2D eigenvalue weighted by atomic mass is 35.5. The van der Waals surface area contributed by atoms with E-state index < -0.39 is 0 Å². The van der Waals surface area contributed by atoms with Crippen molar-refractivity contribution in [2.45, 2.75) is 25.8 Å². The van der Waals surface area contributed by atoms with Crippen molar-refractivity contribution in [2.24, 2.45) is 5.92 Å². The number of carbonyl (C=O) groups is 1. The molecule has 0 amide bonds. The molecule has 1 fully saturated rings. The van der Waals surface area contributed by atoms with Gasteiger partial charge in [0.25, 0.3) is 0 Å². The Morgan fingerprint density at radius 2 is 2.00 bits per heavy atom. The number of aliphatic hydroxyl groups excluding tert-OH is 1. The van der Waals surface area contributed by atoms with Crippen molar-refractivity contribution in [3.05, 3.63) is 47.0 Å². The first kappa shape index (κ1) is 25.1. The standard InChI is InChI=1S/C26H30ClN5O3S/c1-35-13-11-32-22-5-2-18(23(34)14-17-6-8-31(9-7-17)10-12-33)15-21(22)28-25(32)30-26-29-20-4-3-19(27)16-24(20)36-26/h2-5,15-17,33H,6-14H2,1H3,(H,28,29,30). The van der Waals surface area contributed by atoms with Gasteiger partial charge in [0.05, 0.1) is 34.5 Å². The summed E-state index contributed by atoms with van der Waals surface area (Å²) in [7, 11) is 1.68. The van der Waals surface area contributed by atoms with Gasteiger partial charge in [0.15, 0.2) is 10.9 Å². The zero-order valence-electron chi connectivity index (χ0n) is 20.2. The number of thiazole rings is 1. The van der Waals surface area contributed by atoms with Gasteiger partial charge < -0.3 is 24.6 Å². The molecule has 0 atom stereocenters. The third-order valence-corrected chi connectivity index (χ3v) is 7.92. The molecule has 10 heteroatoms. The number of carbonyl (C=O) groups excluding carboxylic acids is 1. The molecule has 0 saturated carbocycles. The maximum Gasteiger partial charge on any atom is 0.210 e. The number of benzene rings is 2. The Kier molecular flexibility index (Phi) is 7.83. The number of hydrogen-bond acceptors (Lipinski definition) is 8. The van der Waals surface area contributed by atoms with E-state index >= 15 is 0 Å². The molecule has 2 N–H and O–H groups in total. The van der Waals surface area contributed by atoms with Crippen molar-refractivity contribution < 1.29 is 14.6 Å². The number of anilines is 2. The number of aliphatic hydroxyl groups is 1. The van der Waals surface area contributed by atoms with E-state index in [0.717, 1.165) is 52.3 Å². The molecule has 4 aromatic rings. The molecule has 3 heterocycles. The molecule has 0 radical (unpaired) electrons. The average molecular weight is 528 g/mol. The van der Waals surface area contributed by atoms with Gasteiger partial charge in [0.2, 0.25) is 5.95 Å². The Bertz CT molecular complexity index is 1360. The number of β-amino-alcohol motifs (C(OH)–C–C–N with tert-alkyl or cyclic N) is 1. The lowest BCUT2D eigenvalue weighted by atomic mass is 9.90. The van der Waals surface area contributed by atoms with Crippen LogP contribution >= 0.6 is 22.9 Å². The summed E-state index contributed by atoms with van der Waals surface area (Å²) < 4.78 is 8.38. The molecule has 0 aliphatic carbocycles. The number of halogens is 1. The highest BCUT2D eigenvalue weighted by Gasteiger charge is 2.22. The summed E-state index contributed by atoms with van der Waals surface area (Å²) in [5.41, 5.74) is 3.27. The van der Waals surface area contributed by atoms with Crippen LogP contribution in [0.4, 0.5) is 11.1 Å². The van der Waals surface area contributed by atoms with Gasteiger partial charge in [-0.3, -0.25) is 4.79 Å². The number of Topliss-reactive ketones (excluding diaryl/α,β-unsaturated/α-hetero) is 1. The van der Waals surface area contributed by atoms with E-state index in [1.54, 1.807) is 7.11 Å². The quantitative estimate of drug-likeness (QED) is 0.281. The van der Waals surface area contributed by atoms with Crippen molar-refractivity contribution in [2.75, 3.05) is 45.3 Å². The second-order valence-corrected chi connectivity index (χ2v) is 10.6. The number of ether oxygens (including phenoxy) is 1. The highest BCUT2D eigenvalue weighted by molar-refractivity contribution is 7.22. The summed E-state index contributed by atoms with van der Waals surface area (Å²) in [4.78, 5) is 24.8. The van der Waals surface area contributed by atoms with Crippen molar-refractivity contribution >= 4 is 61.1 Å². The lowest BCUT2D eigenvalue weighted by Gasteiger charge is -2.31. The lowest BCUT2D eigenvalue weighted by Crippen LogP contribution is -2.36. The molecule has 1 aliphatic rings. The topological polar surface area (TPSA) is 92.5 Å². The number of nitrogens with one attached hydrogen (secondary N) is 1. The number of likely N-dealkylation sites (tertiary alicyclic amines) is 1. The molecule has 1 aliphatic heterocycles. The molecule has 8 nitrogen and oxygen atoms in total. The number of fused-ring (bicyclic) bond motifs is 2. The zero-order chi connectivity index (χ0) is 25.1. The normalized spacial score (nSPS) is 15.2. The second-order valence-electron chi connectivity index (χ2n) is 9.18. The van der Waals surface area contributed by atoms with Crippen LogP contribution in [0.15, 0.2) is 36.4 Å². The third kappa shape index (κ3) is 5.55. The number of imidazole rings is 1. The highest BCUT2D eigenvalue weighted by Crippen LogP contribution is 2.32. The first-order chi connectivity index (χ1) is 17.5. The number of hydrogen-bond donors (Lipinski definition) is 2. The van der Waals surface area contributed by atoms with Gasteiger partial charge in [-0.05, 0) is 68.2 Å². The fraction of sp³-hybridized carbons (Fsp3) is 0.423. The van der Waals surface area contributed by atoms with E-state index in [9.17, 15) is 4.79 Å². The SMILES string of the molecule is COCCn1c(Nc2nc3ccc(Cl)cc3s2)nc2cc(C(=O)CC3CCN(CCO)CC3)ccc21. The van der Waals surface area contributed by atoms with Crippen LogP contribution in [0.5, 0.6) is 0 Å². The molecule has 0 unspecified atom stereocenters. The summed E-state index contributed by atoms with van der Waals surface area (Å²) in [6.45, 7) is 3.93. The monoisotopic (exact) mass is 527 g/mol. The predicted molar refractivity (Wildman–Crippen MR) is 145 cm³/mol. The maximum absolute atomic E-state index is 13.1. The van der Waals surface area contributed by atoms with Gasteiger partial charge >= 0.3 is 0 Å². The second kappa shape index (κ2) is 11.2. The largest absolute Gasteiger partial charge is 0.395 e. The Morgan fingerprint density at radius 3 is 2.78 bits per heavy atom. The van der Waals surface area contributed by atoms with Gasteiger partial charge in [-0.25, -0.2) is 9.97 Å². The third-order valence-electron chi connectivity index (χ3n) is 6.76. The van der Waals surface area contributed by atoms with Crippen LogP contribution in [0.2, 0.25) is 5.02 Å². The Labute approximate surface area is 218 Å². The molecule has 0 bridgehead atoms. The van der Waals surface area contributed by atoms with Gasteiger partial charge in [-0.15, -0.1) is 0 Å². The fourth-order valence-electron chi connectivity index (χ4n) is 4.79. The Morgan fingerprint density at radius 1 is 1.17 bits per heavy atom. The molecule has 1 saturated heterocycles. The molecule has 2 aromatic carbocycles. The van der Waals surface area contributed by atoms with Gasteiger partial charge in [-0.2, -0.15) is 0 Å². The number of rotatable bonds is 10. The van der Waals surface area contributed by atoms with Crippen LogP contribution in [0, 0.1) is 5.92 Å². The summed E-state index contributed by atoms with van der Waals surface area (Å²) >= 11 is 7.65. The van der Waals surface area contributed by atoms with Gasteiger partial charge in [0, 0.05) is 37.2 Å². The summed E-state index contributed by atoms with van der Waals surface area (Å²) in [6.07, 6.45) is 2.52. The number of nitrogens with zero attached hydrogens (tertiary/aromatic N) is 4. The minimum atomic E-state index is 0.154. The van der Waals surface area contributed by atoms with Crippen molar-refractivity contribution in [3.63, 3.8) is 0 Å². The van der Waals surface area contributed by atoms with E-state index in [1.165, 1.54) is 11.3 Å². The van der Waals surface area contributed by atoms with Crippen LogP contribution in [0.25, 0.3) is 21.3 Å². The van der Waals surface area contributed by atoms with Crippen LogP contribution in [0.1, 0.15) is 29.6 Å². The van der Waals surface area contributed by atoms with Crippen LogP contribution in [0.3, 0.4) is 0 Å². The molecular formula is C26H30ClN5O3S. The first-order valence-electron chi connectivity index (χ1n) is 12.2. The smallest absolute Gasteiger partial charge is 0.210 e. The van der Waals surface area contributed by atoms with Gasteiger partial charge in [0.1, 0.15) is 0 Å². The Balaban J connectivity index is 1.36. The van der Waals surface area contributed by atoms with Gasteiger partial charge in [-0.1, -0.05) is 22.9 Å². The molecule has 190 valence electrons. The van der Waals surface area contributed by atoms with E-state index in [1.807, 2.05) is 36.4 Å². The van der Waals surface area contributed by atoms with Crippen LogP contribution in [-0.2, 0) is 11.3 Å². The minimum Gasteiger partial charge on any atom is -0.395 e. The molecule has 0 spiro atoms. The molecule has 2 aromatic heterocycles. The van der Waals surface area contributed by atoms with Crippen molar-refractivity contribution in [3.8, 4) is 0 Å². The van der Waals surface area contributed by atoms with Crippen LogP contribution in [-0.4, -0.2) is 70.3 Å². The summed E-state index contributed by atoms with van der Waals surface area (Å²) in [5, 5.41) is 13.9. The number of ketones is 1. The molecule has 5 rings (SSSR count). The number of piperidine rings is 1. The van der Waals surface area contributed by atoms with E-state index in [-0.39, 0.29) is 12.4 Å². The average Bonchev–Trinajstić information content (AvgIpc) is 3.43. The predicted octanol–water partition coefficient (Wildman–Crippen LogP) is 4.97. The van der Waals surface area contributed by atoms with Crippen LogP contribution < -0.4 is 5.32 Å². The molecule has 36 heavy (non-hydrogen) atoms. The maximum atomic E-state index is 13.1. The number of methoxy groups -OCH3 is 1. The first-order valence-corrected chi connectivity index (χ1v) is 13.4. The summed E-state index contributed by atoms with van der Waals surface area (Å²) in [6, 6.07) is 11.4. The Hall–Kier alpha value is -2.56. The van der Waals surface area contributed by atoms with E-state index in [4.69, 9.17) is 26.4 Å². The fourth-order valence-corrected chi connectivity index (χ4v) is 5.93. The lowest BCUT2D eigenvalue weighted by molar-refractivity contribution is 0.0916. The van der Waals surface area contributed by atoms with Crippen molar-refractivity contribution in [1.82, 2.24) is 19.4 Å². The molecular weight excluding hydrogens is 498 g/mol. The van der Waals surface area contributed by atoms with E-state index in [0.29, 0.717) is 48.6 Å². The zero-order valence-corrected chi connectivity index (χ0v) is 21.8. The summed E-state index contributed by atoms with van der Waals surface area (Å²) in [5.74, 6) is 1.20.